The molecule has 1 fully saturated rings. The number of aromatic nitrogens is 3. The normalized spacial score (nSPS) is 18.7. The first-order valence-corrected chi connectivity index (χ1v) is 15.4. The second kappa shape index (κ2) is 16.3. The zero-order valence-electron chi connectivity index (χ0n) is 27.0. The lowest BCUT2D eigenvalue weighted by molar-refractivity contribution is -0.137. The van der Waals surface area contributed by atoms with Crippen LogP contribution in [0.15, 0.2) is 6.07 Å². The quantitative estimate of drug-likeness (QED) is 0.213. The Kier molecular flexibility index (Phi) is 13.1. The van der Waals surface area contributed by atoms with Crippen LogP contribution in [0.2, 0.25) is 0 Å². The first-order chi connectivity index (χ1) is 21.9. The van der Waals surface area contributed by atoms with Gasteiger partial charge >= 0.3 is 12.2 Å². The predicted octanol–water partition coefficient (Wildman–Crippen LogP) is 6.53. The topological polar surface area (TPSA) is 110 Å². The molecule has 256 valence electrons. The Morgan fingerprint density at radius 1 is 1.09 bits per heavy atom. The zero-order valence-corrected chi connectivity index (χ0v) is 27.0. The van der Waals surface area contributed by atoms with Gasteiger partial charge in [-0.15, -0.1) is 0 Å². The number of anilines is 2. The van der Waals surface area contributed by atoms with Crippen molar-refractivity contribution in [2.75, 3.05) is 58.1 Å². The van der Waals surface area contributed by atoms with Gasteiger partial charge in [0.25, 0.3) is 0 Å². The fraction of sp³-hybridized carbons (Fsp3) is 0.581. The van der Waals surface area contributed by atoms with E-state index in [1.807, 2.05) is 13.8 Å². The van der Waals surface area contributed by atoms with Crippen molar-refractivity contribution >= 4 is 22.4 Å². The molecule has 0 spiro atoms. The van der Waals surface area contributed by atoms with E-state index < -0.39 is 52.0 Å². The highest BCUT2D eigenvalue weighted by Gasteiger charge is 2.39. The minimum Gasteiger partial charge on any atom is -0.474 e. The van der Waals surface area contributed by atoms with Crippen molar-refractivity contribution in [3.8, 4) is 23.1 Å². The fourth-order valence-corrected chi connectivity index (χ4v) is 5.39. The number of hydrogen-bond donors (Lipinski definition) is 3. The molecule has 2 aliphatic rings. The van der Waals surface area contributed by atoms with E-state index in [0.717, 1.165) is 19.9 Å². The monoisotopic (exact) mass is 659 g/mol. The molecular formula is C31H43F6N7O2. The van der Waals surface area contributed by atoms with E-state index in [4.69, 9.17) is 15.2 Å². The Labute approximate surface area is 265 Å². The standard InChI is InChI=1S/C22H23F5N6O2.C7H14FN.C2H6/c1-9-4-5-29-6-7-30-19-13-18(32-21(33-19)34-3)16(24)17(31-20(13)35-9)11-8-12(28)15(23)10(2)14(11)22(25,26)27;1-9-6-2-3-7(9)4-5-8;1-2/h8-9,29H,4-7,28H2,1-3H3,(H,30,32,33);7H,2-6H2,1H3;1-2H3. The number of ether oxygens (including phenoxy) is 2. The molecule has 2 unspecified atom stereocenters. The number of hydrogen-bond acceptors (Lipinski definition) is 9. The largest absolute Gasteiger partial charge is 0.474 e. The average Bonchev–Trinajstić information content (AvgIpc) is 3.41. The molecule has 4 N–H and O–H groups in total. The number of halogens is 6. The van der Waals surface area contributed by atoms with Crippen LogP contribution in [0, 0.1) is 18.6 Å². The molecule has 2 atom stereocenters. The van der Waals surface area contributed by atoms with Crippen LogP contribution in [0.4, 0.5) is 37.8 Å². The molecule has 0 radical (unpaired) electrons. The van der Waals surface area contributed by atoms with E-state index in [0.29, 0.717) is 38.2 Å². The van der Waals surface area contributed by atoms with Crippen molar-refractivity contribution in [1.29, 1.82) is 0 Å². The van der Waals surface area contributed by atoms with Crippen LogP contribution >= 0.6 is 0 Å². The molecule has 2 aromatic heterocycles. The van der Waals surface area contributed by atoms with Crippen molar-refractivity contribution < 1.29 is 35.8 Å². The summed E-state index contributed by atoms with van der Waals surface area (Å²) in [5, 5.41) is 6.28. The van der Waals surface area contributed by atoms with Crippen LogP contribution in [-0.4, -0.2) is 79.0 Å². The van der Waals surface area contributed by atoms with Crippen LogP contribution in [0.3, 0.4) is 0 Å². The van der Waals surface area contributed by atoms with E-state index in [1.165, 1.54) is 20.0 Å². The Morgan fingerprint density at radius 3 is 2.41 bits per heavy atom. The van der Waals surface area contributed by atoms with Gasteiger partial charge in [0.05, 0.1) is 31.1 Å². The lowest BCUT2D eigenvalue weighted by Gasteiger charge is -2.21. The number of nitrogens with one attached hydrogen (secondary N) is 2. The van der Waals surface area contributed by atoms with E-state index in [-0.39, 0.29) is 35.3 Å². The molecule has 5 rings (SSSR count). The molecule has 46 heavy (non-hydrogen) atoms. The second-order valence-electron chi connectivity index (χ2n) is 10.8. The maximum absolute atomic E-state index is 15.9. The molecule has 0 bridgehead atoms. The summed E-state index contributed by atoms with van der Waals surface area (Å²) in [6.45, 7) is 9.23. The number of nitrogen functional groups attached to an aromatic ring is 1. The van der Waals surface area contributed by atoms with Gasteiger partial charge in [-0.1, -0.05) is 13.8 Å². The Morgan fingerprint density at radius 2 is 1.80 bits per heavy atom. The van der Waals surface area contributed by atoms with Gasteiger partial charge in [-0.3, -0.25) is 4.39 Å². The van der Waals surface area contributed by atoms with Crippen LogP contribution in [0.25, 0.3) is 22.2 Å². The number of likely N-dealkylation sites (tertiary alicyclic amines) is 1. The average molecular weight is 660 g/mol. The summed E-state index contributed by atoms with van der Waals surface area (Å²) in [5.41, 5.74) is 1.04. The molecule has 1 aromatic carbocycles. The smallest absolute Gasteiger partial charge is 0.417 e. The highest BCUT2D eigenvalue weighted by molar-refractivity contribution is 5.96. The summed E-state index contributed by atoms with van der Waals surface area (Å²) in [7, 11) is 3.35. The van der Waals surface area contributed by atoms with Gasteiger partial charge in [0.1, 0.15) is 28.2 Å². The lowest BCUT2D eigenvalue weighted by Crippen LogP contribution is -2.26. The van der Waals surface area contributed by atoms with Crippen molar-refractivity contribution in [3.05, 3.63) is 28.8 Å². The van der Waals surface area contributed by atoms with Gasteiger partial charge in [-0.25, -0.2) is 13.8 Å². The summed E-state index contributed by atoms with van der Waals surface area (Å²) in [4.78, 5) is 14.6. The van der Waals surface area contributed by atoms with Crippen LogP contribution in [0.1, 0.15) is 57.6 Å². The number of pyridine rings is 1. The van der Waals surface area contributed by atoms with Gasteiger partial charge in [-0.2, -0.15) is 23.1 Å². The molecule has 9 nitrogen and oxygen atoms in total. The molecule has 15 heteroatoms. The Bertz CT molecular complexity index is 1470. The molecular weight excluding hydrogens is 616 g/mol. The molecule has 1 saturated heterocycles. The third-order valence-electron chi connectivity index (χ3n) is 7.73. The summed E-state index contributed by atoms with van der Waals surface area (Å²) in [6.07, 6.45) is -1.74. The number of nitrogens with two attached hydrogens (primary N) is 1. The van der Waals surface area contributed by atoms with Gasteiger partial charge < -0.3 is 30.7 Å². The van der Waals surface area contributed by atoms with Gasteiger partial charge in [0.15, 0.2) is 5.82 Å². The van der Waals surface area contributed by atoms with Crippen molar-refractivity contribution in [2.24, 2.45) is 0 Å². The van der Waals surface area contributed by atoms with Crippen molar-refractivity contribution in [1.82, 2.24) is 25.2 Å². The van der Waals surface area contributed by atoms with Crippen LogP contribution in [0.5, 0.6) is 11.9 Å². The maximum atomic E-state index is 15.9. The van der Waals surface area contributed by atoms with Crippen molar-refractivity contribution in [2.45, 2.75) is 71.7 Å². The number of alkyl halides is 4. The molecule has 2 aliphatic heterocycles. The minimum absolute atomic E-state index is 0.0427. The molecule has 3 aromatic rings. The first kappa shape index (κ1) is 36.9. The third kappa shape index (κ3) is 8.41. The van der Waals surface area contributed by atoms with E-state index in [1.54, 1.807) is 6.92 Å². The summed E-state index contributed by atoms with van der Waals surface area (Å²) in [5.74, 6) is -2.47. The summed E-state index contributed by atoms with van der Waals surface area (Å²) >= 11 is 0. The van der Waals surface area contributed by atoms with Gasteiger partial charge in [0, 0.05) is 24.7 Å². The molecule has 0 amide bonds. The van der Waals surface area contributed by atoms with E-state index in [9.17, 15) is 22.0 Å². The minimum atomic E-state index is -5.02. The highest BCUT2D eigenvalue weighted by Crippen LogP contribution is 2.44. The fourth-order valence-electron chi connectivity index (χ4n) is 5.39. The zero-order chi connectivity index (χ0) is 34.2. The Balaban J connectivity index is 0.000000446. The van der Waals surface area contributed by atoms with Gasteiger partial charge in [-0.05, 0) is 71.3 Å². The van der Waals surface area contributed by atoms with Crippen LogP contribution < -0.4 is 25.8 Å². The third-order valence-corrected chi connectivity index (χ3v) is 7.73. The summed E-state index contributed by atoms with van der Waals surface area (Å²) in [6, 6.07) is 1.03. The number of nitrogens with zero attached hydrogens (tertiary/aromatic N) is 4. The van der Waals surface area contributed by atoms with Crippen LogP contribution in [-0.2, 0) is 6.18 Å². The lowest BCUT2D eigenvalue weighted by atomic mass is 9.96. The number of rotatable bonds is 4. The second-order valence-corrected chi connectivity index (χ2v) is 10.8. The van der Waals surface area contributed by atoms with Crippen molar-refractivity contribution in [3.63, 3.8) is 0 Å². The molecule has 0 saturated carbocycles. The van der Waals surface area contributed by atoms with E-state index in [2.05, 4.69) is 37.5 Å². The highest BCUT2D eigenvalue weighted by atomic mass is 19.4. The van der Waals surface area contributed by atoms with Gasteiger partial charge in [0.2, 0.25) is 5.88 Å². The first-order valence-electron chi connectivity index (χ1n) is 15.4. The number of methoxy groups -OCH3 is 1. The van der Waals surface area contributed by atoms with E-state index >= 15 is 4.39 Å². The maximum Gasteiger partial charge on any atom is 0.417 e. The molecule has 4 heterocycles. The predicted molar refractivity (Wildman–Crippen MR) is 167 cm³/mol. The molecule has 0 aliphatic carbocycles. The SMILES string of the molecule is CC.CN1CCCC1CCF.COc1nc2c3c(nc(-c4cc(N)c(F)c(C)c4C(F)(F)F)c(F)c3n1)OC(C)CCNCCN2. The summed E-state index contributed by atoms with van der Waals surface area (Å²) < 4.78 is 95.1. The Hall–Kier alpha value is -3.59. The number of benzene rings is 1.